The molecule has 0 fully saturated rings. The molecular formula is C14H12INO2. The van der Waals surface area contributed by atoms with Gasteiger partial charge in [0.1, 0.15) is 5.75 Å². The summed E-state index contributed by atoms with van der Waals surface area (Å²) in [6.45, 7) is 3.59. The van der Waals surface area contributed by atoms with Crippen LogP contribution in [0, 0.1) is 29.8 Å². The van der Waals surface area contributed by atoms with E-state index in [4.69, 9.17) is 6.42 Å². The molecule has 0 amide bonds. The molecule has 0 unspecified atom stereocenters. The van der Waals surface area contributed by atoms with E-state index in [0.717, 1.165) is 9.13 Å². The summed E-state index contributed by atoms with van der Waals surface area (Å²) in [7, 11) is 0. The van der Waals surface area contributed by atoms with Crippen LogP contribution in [0.15, 0.2) is 12.1 Å². The summed E-state index contributed by atoms with van der Waals surface area (Å²) in [5.41, 5.74) is 3.15. The van der Waals surface area contributed by atoms with Gasteiger partial charge in [-0.2, -0.15) is 0 Å². The smallest absolute Gasteiger partial charge is 0.200 e. The predicted octanol–water partition coefficient (Wildman–Crippen LogP) is 3.30. The molecule has 0 aliphatic carbocycles. The van der Waals surface area contributed by atoms with Gasteiger partial charge in [0, 0.05) is 14.7 Å². The van der Waals surface area contributed by atoms with Gasteiger partial charge in [-0.25, -0.2) is 0 Å². The highest BCUT2D eigenvalue weighted by Gasteiger charge is 2.20. The number of benzene rings is 1. The highest BCUT2D eigenvalue weighted by Crippen LogP contribution is 2.42. The fraction of sp³-hybridized carbons (Fsp3) is 0.143. The van der Waals surface area contributed by atoms with Crippen LogP contribution in [0.25, 0.3) is 11.1 Å². The Balaban J connectivity index is 2.83. The van der Waals surface area contributed by atoms with Crippen LogP contribution in [0.5, 0.6) is 11.6 Å². The Hall–Kier alpha value is -1.61. The van der Waals surface area contributed by atoms with Crippen molar-refractivity contribution in [3.05, 3.63) is 32.5 Å². The summed E-state index contributed by atoms with van der Waals surface area (Å²) in [6.07, 6.45) is 5.51. The van der Waals surface area contributed by atoms with Crippen LogP contribution < -0.4 is 0 Å². The average molecular weight is 353 g/mol. The summed E-state index contributed by atoms with van der Waals surface area (Å²) in [5.74, 6) is 2.57. The number of aryl methyl sites for hydroxylation is 2. The summed E-state index contributed by atoms with van der Waals surface area (Å²) in [4.78, 5) is 2.70. The molecule has 2 aromatic rings. The maximum absolute atomic E-state index is 10.0. The van der Waals surface area contributed by atoms with Crippen molar-refractivity contribution in [1.82, 2.24) is 4.98 Å². The molecule has 1 aromatic heterocycles. The minimum absolute atomic E-state index is 0.0355. The third-order valence-electron chi connectivity index (χ3n) is 2.84. The van der Waals surface area contributed by atoms with E-state index in [1.807, 2.05) is 19.1 Å². The summed E-state index contributed by atoms with van der Waals surface area (Å²) < 4.78 is 1.02. The first-order chi connectivity index (χ1) is 8.45. The van der Waals surface area contributed by atoms with E-state index in [0.29, 0.717) is 22.4 Å². The number of H-pyrrole nitrogens is 1. The normalized spacial score (nSPS) is 10.3. The maximum Gasteiger partial charge on any atom is 0.200 e. The van der Waals surface area contributed by atoms with Crippen molar-refractivity contribution in [3.63, 3.8) is 0 Å². The summed E-state index contributed by atoms with van der Waals surface area (Å²) in [6, 6.07) is 3.81. The van der Waals surface area contributed by atoms with Gasteiger partial charge in [0.25, 0.3) is 0 Å². The molecule has 0 radical (unpaired) electrons. The number of nitrogens with one attached hydrogen (secondary N) is 1. The highest BCUT2D eigenvalue weighted by atomic mass is 127. The molecule has 0 spiro atoms. The van der Waals surface area contributed by atoms with Gasteiger partial charge in [-0.05, 0) is 54.1 Å². The minimum Gasteiger partial charge on any atom is -0.505 e. The molecule has 3 nitrogen and oxygen atoms in total. The van der Waals surface area contributed by atoms with E-state index in [1.165, 1.54) is 0 Å². The van der Waals surface area contributed by atoms with Crippen LogP contribution in [-0.4, -0.2) is 15.2 Å². The van der Waals surface area contributed by atoms with Crippen molar-refractivity contribution in [1.29, 1.82) is 0 Å². The summed E-state index contributed by atoms with van der Waals surface area (Å²) >= 11 is 2.18. The van der Waals surface area contributed by atoms with Gasteiger partial charge in [0.2, 0.25) is 5.88 Å². The maximum atomic E-state index is 10.0. The van der Waals surface area contributed by atoms with Crippen molar-refractivity contribution < 1.29 is 10.2 Å². The fourth-order valence-electron chi connectivity index (χ4n) is 2.02. The Morgan fingerprint density at radius 2 is 1.89 bits per heavy atom. The highest BCUT2D eigenvalue weighted by molar-refractivity contribution is 14.1. The zero-order valence-corrected chi connectivity index (χ0v) is 12.2. The van der Waals surface area contributed by atoms with E-state index in [2.05, 4.69) is 33.5 Å². The first kappa shape index (κ1) is 12.8. The van der Waals surface area contributed by atoms with Gasteiger partial charge >= 0.3 is 0 Å². The van der Waals surface area contributed by atoms with Gasteiger partial charge in [0.15, 0.2) is 0 Å². The van der Waals surface area contributed by atoms with E-state index >= 15 is 0 Å². The van der Waals surface area contributed by atoms with Gasteiger partial charge < -0.3 is 15.2 Å². The second-order valence-corrected chi connectivity index (χ2v) is 5.36. The zero-order chi connectivity index (χ0) is 13.4. The molecule has 1 aromatic carbocycles. The van der Waals surface area contributed by atoms with Crippen molar-refractivity contribution in [3.8, 4) is 35.1 Å². The number of terminal acetylenes is 1. The topological polar surface area (TPSA) is 56.2 Å². The number of aromatic amines is 1. The van der Waals surface area contributed by atoms with Crippen molar-refractivity contribution in [2.24, 2.45) is 0 Å². The molecule has 1 heterocycles. The number of rotatable bonds is 1. The van der Waals surface area contributed by atoms with Crippen LogP contribution >= 0.6 is 22.6 Å². The fourth-order valence-corrected chi connectivity index (χ4v) is 2.80. The van der Waals surface area contributed by atoms with Gasteiger partial charge in [-0.3, -0.25) is 0 Å². The summed E-state index contributed by atoms with van der Waals surface area (Å²) in [5, 5.41) is 19.9. The molecule has 18 heavy (non-hydrogen) atoms. The largest absolute Gasteiger partial charge is 0.505 e. The SMILES string of the molecule is C#Cc1cc(I)cc(C)c1-c1c(O)[nH]c(C)c1O. The standard InChI is InChI=1S/C14H12INO2/c1-4-9-6-10(15)5-7(2)11(9)12-13(17)8(3)16-14(12)18/h1,5-6,16-18H,2-3H3. The van der Waals surface area contributed by atoms with Crippen LogP contribution in [0.1, 0.15) is 16.8 Å². The first-order valence-corrected chi connectivity index (χ1v) is 6.41. The molecule has 2 rings (SSSR count). The van der Waals surface area contributed by atoms with Crippen LogP contribution in [-0.2, 0) is 0 Å². The lowest BCUT2D eigenvalue weighted by atomic mass is 9.96. The molecule has 4 heteroatoms. The monoisotopic (exact) mass is 353 g/mol. The zero-order valence-electron chi connectivity index (χ0n) is 10.0. The Morgan fingerprint density at radius 1 is 1.22 bits per heavy atom. The molecule has 3 N–H and O–H groups in total. The Labute approximate surface area is 119 Å². The van der Waals surface area contributed by atoms with Crippen LogP contribution in [0.2, 0.25) is 0 Å². The average Bonchev–Trinajstić information content (AvgIpc) is 2.54. The molecule has 0 atom stereocenters. The van der Waals surface area contributed by atoms with Crippen molar-refractivity contribution in [2.75, 3.05) is 0 Å². The second-order valence-electron chi connectivity index (χ2n) is 4.11. The molecular weight excluding hydrogens is 341 g/mol. The second kappa shape index (κ2) is 4.58. The molecule has 0 saturated carbocycles. The first-order valence-electron chi connectivity index (χ1n) is 5.33. The minimum atomic E-state index is -0.0641. The Bertz CT molecular complexity index is 665. The van der Waals surface area contributed by atoms with Gasteiger partial charge in [-0.1, -0.05) is 5.92 Å². The molecule has 0 aliphatic heterocycles. The molecule has 0 saturated heterocycles. The van der Waals surface area contributed by atoms with Crippen LogP contribution in [0.3, 0.4) is 0 Å². The van der Waals surface area contributed by atoms with Gasteiger partial charge in [-0.15, -0.1) is 6.42 Å². The van der Waals surface area contributed by atoms with E-state index < -0.39 is 0 Å². The third kappa shape index (κ3) is 1.95. The predicted molar refractivity (Wildman–Crippen MR) is 79.7 cm³/mol. The molecule has 0 bridgehead atoms. The van der Waals surface area contributed by atoms with Crippen LogP contribution in [0.4, 0.5) is 0 Å². The van der Waals surface area contributed by atoms with E-state index in [1.54, 1.807) is 6.92 Å². The number of hydrogen-bond donors (Lipinski definition) is 3. The molecule has 92 valence electrons. The van der Waals surface area contributed by atoms with E-state index in [-0.39, 0.29) is 11.6 Å². The van der Waals surface area contributed by atoms with Crippen molar-refractivity contribution in [2.45, 2.75) is 13.8 Å². The van der Waals surface area contributed by atoms with E-state index in [9.17, 15) is 10.2 Å². The van der Waals surface area contributed by atoms with Crippen molar-refractivity contribution >= 4 is 22.6 Å². The molecule has 0 aliphatic rings. The number of halogens is 1. The Morgan fingerprint density at radius 3 is 2.39 bits per heavy atom. The third-order valence-corrected chi connectivity index (χ3v) is 3.46. The number of aromatic nitrogens is 1. The lowest BCUT2D eigenvalue weighted by molar-refractivity contribution is 0.455. The lowest BCUT2D eigenvalue weighted by Gasteiger charge is -2.09. The quantitative estimate of drug-likeness (QED) is 0.544. The lowest BCUT2D eigenvalue weighted by Crippen LogP contribution is -1.90. The number of aromatic hydroxyl groups is 2. The number of hydrogen-bond acceptors (Lipinski definition) is 2. The van der Waals surface area contributed by atoms with Gasteiger partial charge in [0.05, 0.1) is 11.3 Å². The Kier molecular flexibility index (Phi) is 3.26.